The lowest BCUT2D eigenvalue weighted by Gasteiger charge is -2.22. The van der Waals surface area contributed by atoms with Crippen LogP contribution in [0.2, 0.25) is 0 Å². The second-order valence-electron chi connectivity index (χ2n) is 5.24. The molecule has 0 unspecified atom stereocenters. The SMILES string of the molecule is O=[N+]([O-])c1ccc(OCC2CCNCC2)c2ncccc12. The minimum absolute atomic E-state index is 0.0623. The Kier molecular flexibility index (Phi) is 3.96. The van der Waals surface area contributed by atoms with Crippen LogP contribution in [0.1, 0.15) is 12.8 Å². The van der Waals surface area contributed by atoms with Gasteiger partial charge in [-0.3, -0.25) is 15.1 Å². The zero-order valence-electron chi connectivity index (χ0n) is 11.6. The second kappa shape index (κ2) is 6.05. The molecule has 0 spiro atoms. The standard InChI is InChI=1S/C15H17N3O3/c19-18(20)13-3-4-14(15-12(13)2-1-7-17-15)21-10-11-5-8-16-9-6-11/h1-4,7,11,16H,5-6,8-10H2. The van der Waals surface area contributed by atoms with E-state index in [1.54, 1.807) is 24.4 Å². The summed E-state index contributed by atoms with van der Waals surface area (Å²) in [7, 11) is 0. The maximum atomic E-state index is 11.1. The number of hydrogen-bond donors (Lipinski definition) is 1. The summed E-state index contributed by atoms with van der Waals surface area (Å²) in [6.45, 7) is 2.67. The second-order valence-corrected chi connectivity index (χ2v) is 5.24. The Bertz CT molecular complexity index is 654. The monoisotopic (exact) mass is 287 g/mol. The average molecular weight is 287 g/mol. The molecular formula is C15H17N3O3. The van der Waals surface area contributed by atoms with Gasteiger partial charge in [0.15, 0.2) is 0 Å². The fraction of sp³-hybridized carbons (Fsp3) is 0.400. The van der Waals surface area contributed by atoms with Crippen molar-refractivity contribution in [2.45, 2.75) is 12.8 Å². The molecule has 3 rings (SSSR count). The van der Waals surface area contributed by atoms with Gasteiger partial charge in [0.2, 0.25) is 0 Å². The first-order valence-corrected chi connectivity index (χ1v) is 7.11. The summed E-state index contributed by atoms with van der Waals surface area (Å²) in [4.78, 5) is 14.9. The van der Waals surface area contributed by atoms with Gasteiger partial charge in [-0.15, -0.1) is 0 Å². The molecule has 21 heavy (non-hydrogen) atoms. The number of pyridine rings is 1. The number of aromatic nitrogens is 1. The van der Waals surface area contributed by atoms with Crippen LogP contribution >= 0.6 is 0 Å². The molecule has 1 aromatic heterocycles. The lowest BCUT2D eigenvalue weighted by molar-refractivity contribution is -0.383. The lowest BCUT2D eigenvalue weighted by Crippen LogP contribution is -2.30. The Labute approximate surface area is 122 Å². The fourth-order valence-corrected chi connectivity index (χ4v) is 2.66. The third kappa shape index (κ3) is 2.95. The third-order valence-corrected chi connectivity index (χ3v) is 3.84. The summed E-state index contributed by atoms with van der Waals surface area (Å²) in [6, 6.07) is 6.54. The van der Waals surface area contributed by atoms with Gasteiger partial charge < -0.3 is 10.1 Å². The molecule has 1 aliphatic heterocycles. The first-order chi connectivity index (χ1) is 10.3. The van der Waals surface area contributed by atoms with Crippen molar-refractivity contribution in [3.63, 3.8) is 0 Å². The van der Waals surface area contributed by atoms with E-state index in [4.69, 9.17) is 4.74 Å². The fourth-order valence-electron chi connectivity index (χ4n) is 2.66. The molecule has 2 aromatic rings. The molecule has 0 radical (unpaired) electrons. The van der Waals surface area contributed by atoms with Crippen molar-refractivity contribution < 1.29 is 9.66 Å². The van der Waals surface area contributed by atoms with E-state index >= 15 is 0 Å². The Balaban J connectivity index is 1.85. The number of nitro benzene ring substituents is 1. The van der Waals surface area contributed by atoms with Crippen molar-refractivity contribution in [3.8, 4) is 5.75 Å². The molecule has 1 fully saturated rings. The minimum atomic E-state index is -0.388. The number of benzene rings is 1. The molecule has 0 amide bonds. The van der Waals surface area contributed by atoms with E-state index in [0.717, 1.165) is 25.9 Å². The molecule has 0 bridgehead atoms. The highest BCUT2D eigenvalue weighted by molar-refractivity contribution is 5.92. The number of ether oxygens (including phenoxy) is 1. The molecule has 1 aromatic carbocycles. The smallest absolute Gasteiger partial charge is 0.279 e. The maximum absolute atomic E-state index is 11.1. The van der Waals surface area contributed by atoms with Gasteiger partial charge in [0.1, 0.15) is 11.3 Å². The molecule has 2 heterocycles. The van der Waals surface area contributed by atoms with E-state index in [0.29, 0.717) is 29.2 Å². The number of piperidine rings is 1. The summed E-state index contributed by atoms with van der Waals surface area (Å²) in [5.74, 6) is 1.15. The molecule has 6 heteroatoms. The largest absolute Gasteiger partial charge is 0.491 e. The highest BCUT2D eigenvalue weighted by Crippen LogP contribution is 2.31. The molecule has 0 aliphatic carbocycles. The molecule has 6 nitrogen and oxygen atoms in total. The number of rotatable bonds is 4. The first kappa shape index (κ1) is 13.8. The normalized spacial score (nSPS) is 16.0. The topological polar surface area (TPSA) is 77.3 Å². The van der Waals surface area contributed by atoms with Crippen molar-refractivity contribution >= 4 is 16.6 Å². The van der Waals surface area contributed by atoms with Crippen LogP contribution in [0.5, 0.6) is 5.75 Å². The highest BCUT2D eigenvalue weighted by Gasteiger charge is 2.18. The van der Waals surface area contributed by atoms with Gasteiger partial charge in [0.05, 0.1) is 16.9 Å². The molecule has 110 valence electrons. The van der Waals surface area contributed by atoms with Crippen molar-refractivity contribution in [2.75, 3.05) is 19.7 Å². The first-order valence-electron chi connectivity index (χ1n) is 7.11. The summed E-state index contributed by atoms with van der Waals surface area (Å²) in [6.07, 6.45) is 3.82. The number of nitrogens with zero attached hydrogens (tertiary/aromatic N) is 2. The Morgan fingerprint density at radius 1 is 1.33 bits per heavy atom. The quantitative estimate of drug-likeness (QED) is 0.690. The van der Waals surface area contributed by atoms with Crippen LogP contribution in [0.25, 0.3) is 10.9 Å². The maximum Gasteiger partial charge on any atom is 0.279 e. The molecule has 1 aliphatic rings. The van der Waals surface area contributed by atoms with E-state index in [1.165, 1.54) is 6.07 Å². The van der Waals surface area contributed by atoms with Gasteiger partial charge in [0, 0.05) is 12.3 Å². The average Bonchev–Trinajstić information content (AvgIpc) is 2.53. The van der Waals surface area contributed by atoms with Crippen molar-refractivity contribution in [1.82, 2.24) is 10.3 Å². The van der Waals surface area contributed by atoms with Crippen molar-refractivity contribution in [2.24, 2.45) is 5.92 Å². The number of hydrogen-bond acceptors (Lipinski definition) is 5. The van der Waals surface area contributed by atoms with Crippen LogP contribution in [0.3, 0.4) is 0 Å². The zero-order valence-corrected chi connectivity index (χ0v) is 11.6. The summed E-state index contributed by atoms with van der Waals surface area (Å²) >= 11 is 0. The van der Waals surface area contributed by atoms with Crippen molar-refractivity contribution in [1.29, 1.82) is 0 Å². The predicted octanol–water partition coefficient (Wildman–Crippen LogP) is 2.52. The van der Waals surface area contributed by atoms with Gasteiger partial charge in [-0.2, -0.15) is 0 Å². The van der Waals surface area contributed by atoms with E-state index in [2.05, 4.69) is 10.3 Å². The van der Waals surface area contributed by atoms with Gasteiger partial charge in [-0.25, -0.2) is 0 Å². The molecular weight excluding hydrogens is 270 g/mol. The number of fused-ring (bicyclic) bond motifs is 1. The number of nitrogens with one attached hydrogen (secondary N) is 1. The van der Waals surface area contributed by atoms with Crippen LogP contribution in [-0.2, 0) is 0 Å². The number of nitro groups is 1. The zero-order chi connectivity index (χ0) is 14.7. The van der Waals surface area contributed by atoms with Crippen LogP contribution in [-0.4, -0.2) is 29.6 Å². The van der Waals surface area contributed by atoms with E-state index < -0.39 is 0 Å². The van der Waals surface area contributed by atoms with E-state index in [1.807, 2.05) is 0 Å². The number of non-ortho nitro benzene ring substituents is 1. The van der Waals surface area contributed by atoms with Crippen LogP contribution in [0.4, 0.5) is 5.69 Å². The van der Waals surface area contributed by atoms with E-state index in [9.17, 15) is 10.1 Å². The van der Waals surface area contributed by atoms with Gasteiger partial charge in [0.25, 0.3) is 5.69 Å². The van der Waals surface area contributed by atoms with Crippen molar-refractivity contribution in [3.05, 3.63) is 40.6 Å². The van der Waals surface area contributed by atoms with Crippen LogP contribution in [0.15, 0.2) is 30.5 Å². The van der Waals surface area contributed by atoms with Gasteiger partial charge >= 0.3 is 0 Å². The molecule has 1 saturated heterocycles. The highest BCUT2D eigenvalue weighted by atomic mass is 16.6. The molecule has 0 saturated carbocycles. The minimum Gasteiger partial charge on any atom is -0.491 e. The molecule has 0 atom stereocenters. The van der Waals surface area contributed by atoms with Crippen LogP contribution < -0.4 is 10.1 Å². The summed E-state index contributed by atoms with van der Waals surface area (Å²) in [5.41, 5.74) is 0.618. The Morgan fingerprint density at radius 2 is 2.14 bits per heavy atom. The van der Waals surface area contributed by atoms with Gasteiger partial charge in [-0.05, 0) is 50.0 Å². The predicted molar refractivity (Wildman–Crippen MR) is 79.5 cm³/mol. The van der Waals surface area contributed by atoms with Crippen LogP contribution in [0, 0.1) is 16.0 Å². The molecule has 1 N–H and O–H groups in total. The summed E-state index contributed by atoms with van der Waals surface area (Å²) in [5, 5.41) is 14.9. The third-order valence-electron chi connectivity index (χ3n) is 3.84. The lowest BCUT2D eigenvalue weighted by atomic mass is 9.99. The Hall–Kier alpha value is -2.21. The Morgan fingerprint density at radius 3 is 2.90 bits per heavy atom. The van der Waals surface area contributed by atoms with E-state index in [-0.39, 0.29) is 10.6 Å². The summed E-state index contributed by atoms with van der Waals surface area (Å²) < 4.78 is 5.88. The van der Waals surface area contributed by atoms with Gasteiger partial charge in [-0.1, -0.05) is 0 Å².